The van der Waals surface area contributed by atoms with Crippen molar-refractivity contribution in [2.75, 3.05) is 10.6 Å². The Balaban J connectivity index is 1.34. The van der Waals surface area contributed by atoms with Crippen LogP contribution < -0.4 is 10.6 Å². The molecule has 7 rings (SSSR count). The summed E-state index contributed by atoms with van der Waals surface area (Å²) in [4.78, 5) is 21.7. The monoisotopic (exact) mass is 593 g/mol. The number of fused-ring (bicyclic) bond motifs is 1. The van der Waals surface area contributed by atoms with E-state index in [0.29, 0.717) is 39.1 Å². The number of pyridine rings is 2. The first-order valence-corrected chi connectivity index (χ1v) is 14.5. The Hall–Kier alpha value is -5.10. The number of hydrogen-bond acceptors (Lipinski definition) is 9. The fourth-order valence-corrected chi connectivity index (χ4v) is 5.83. The van der Waals surface area contributed by atoms with Gasteiger partial charge in [0.25, 0.3) is 0 Å². The predicted molar refractivity (Wildman–Crippen MR) is 160 cm³/mol. The molecule has 0 spiro atoms. The quantitative estimate of drug-likeness (QED) is 0.242. The van der Waals surface area contributed by atoms with Gasteiger partial charge in [-0.15, -0.1) is 5.10 Å². The number of halogens is 1. The van der Waals surface area contributed by atoms with Gasteiger partial charge in [-0.05, 0) is 68.7 Å². The normalized spacial score (nSPS) is 20.0. The first-order valence-electron chi connectivity index (χ1n) is 14.5. The summed E-state index contributed by atoms with van der Waals surface area (Å²) >= 11 is 0. The number of nitriles is 2. The van der Waals surface area contributed by atoms with Gasteiger partial charge in [-0.1, -0.05) is 26.0 Å². The number of benzene rings is 1. The molecule has 3 fully saturated rings. The van der Waals surface area contributed by atoms with Crippen molar-refractivity contribution in [3.8, 4) is 12.1 Å². The maximum atomic E-state index is 13.9. The molecule has 224 valence electrons. The van der Waals surface area contributed by atoms with Crippen molar-refractivity contribution < 1.29 is 13.9 Å². The molecule has 44 heavy (non-hydrogen) atoms. The van der Waals surface area contributed by atoms with Crippen molar-refractivity contribution in [2.45, 2.75) is 71.6 Å². The standard InChI is InChI=1S/C32H32FN9O2/c1-17-23(6-7-26(33)37-17)29(25-16-42(41-40-25)32-10-19(11-32)12-32)44-30(43)39-22-8-20(13-34)27-24(9-22)28(21(14-35)15-36-27)38-18(2)31(3,4)5/h6-9,15-16,18-19,29H,10-12H2,1-5H3,(H,36,38)(H,39,43). The summed E-state index contributed by atoms with van der Waals surface area (Å²) < 4.78 is 21.7. The maximum absolute atomic E-state index is 13.9. The topological polar surface area (TPSA) is 154 Å². The number of ether oxygens (including phenoxy) is 1. The third kappa shape index (κ3) is 5.06. The van der Waals surface area contributed by atoms with E-state index in [1.165, 1.54) is 24.4 Å². The molecule has 4 aromatic rings. The van der Waals surface area contributed by atoms with Crippen molar-refractivity contribution in [3.63, 3.8) is 0 Å². The molecule has 1 amide bonds. The van der Waals surface area contributed by atoms with Crippen LogP contribution in [0, 0.1) is 46.9 Å². The van der Waals surface area contributed by atoms with E-state index >= 15 is 0 Å². The fraction of sp³-hybridized carbons (Fsp3) is 0.406. The molecule has 11 nitrogen and oxygen atoms in total. The number of rotatable bonds is 7. The van der Waals surface area contributed by atoms with E-state index in [1.807, 2.05) is 11.6 Å². The highest BCUT2D eigenvalue weighted by atomic mass is 19.1. The summed E-state index contributed by atoms with van der Waals surface area (Å²) in [6.45, 7) is 9.87. The van der Waals surface area contributed by atoms with Crippen molar-refractivity contribution in [3.05, 3.63) is 70.7 Å². The zero-order chi connectivity index (χ0) is 31.4. The van der Waals surface area contributed by atoms with Crippen LogP contribution in [0.15, 0.2) is 36.7 Å². The minimum Gasteiger partial charge on any atom is -0.434 e. The molecular weight excluding hydrogens is 561 g/mol. The molecule has 1 aromatic carbocycles. The minimum atomic E-state index is -1.02. The number of hydrogen-bond donors (Lipinski definition) is 2. The molecule has 2 atom stereocenters. The zero-order valence-corrected chi connectivity index (χ0v) is 25.1. The van der Waals surface area contributed by atoms with Gasteiger partial charge in [0, 0.05) is 34.6 Å². The van der Waals surface area contributed by atoms with Gasteiger partial charge in [0.1, 0.15) is 17.8 Å². The predicted octanol–water partition coefficient (Wildman–Crippen LogP) is 6.11. The number of nitrogens with one attached hydrogen (secondary N) is 2. The van der Waals surface area contributed by atoms with Gasteiger partial charge in [0.05, 0.1) is 34.1 Å². The van der Waals surface area contributed by atoms with Crippen molar-refractivity contribution >= 4 is 28.4 Å². The van der Waals surface area contributed by atoms with Crippen molar-refractivity contribution in [1.82, 2.24) is 25.0 Å². The lowest BCUT2D eigenvalue weighted by Gasteiger charge is -2.61. The fourth-order valence-electron chi connectivity index (χ4n) is 5.83. The van der Waals surface area contributed by atoms with Crippen LogP contribution >= 0.6 is 0 Å². The molecule has 0 aliphatic heterocycles. The molecular formula is C32H32FN9O2. The summed E-state index contributed by atoms with van der Waals surface area (Å²) in [7, 11) is 0. The SMILES string of the molecule is Cc1nc(F)ccc1C(OC(=O)Nc1cc(C#N)c2ncc(C#N)c(NC(C)C(C)(C)C)c2c1)c1cn(C23CC(C2)C3)nn1. The van der Waals surface area contributed by atoms with E-state index in [1.54, 1.807) is 19.2 Å². The largest absolute Gasteiger partial charge is 0.434 e. The van der Waals surface area contributed by atoms with Crippen LogP contribution in [0.4, 0.5) is 20.6 Å². The maximum Gasteiger partial charge on any atom is 0.412 e. The summed E-state index contributed by atoms with van der Waals surface area (Å²) in [6, 6.07) is 10.1. The Morgan fingerprint density at radius 2 is 1.91 bits per heavy atom. The Bertz CT molecular complexity index is 1860. The van der Waals surface area contributed by atoms with Crippen LogP contribution in [0.25, 0.3) is 10.9 Å². The molecule has 0 saturated heterocycles. The molecule has 3 aliphatic rings. The lowest BCUT2D eigenvalue weighted by atomic mass is 9.50. The summed E-state index contributed by atoms with van der Waals surface area (Å²) in [6.07, 6.45) is 4.53. The van der Waals surface area contributed by atoms with Gasteiger partial charge < -0.3 is 10.1 Å². The number of aromatic nitrogens is 5. The summed E-state index contributed by atoms with van der Waals surface area (Å²) in [5.41, 5.74) is 2.75. The van der Waals surface area contributed by atoms with Crippen molar-refractivity contribution in [2.24, 2.45) is 11.3 Å². The number of amides is 1. The molecule has 0 radical (unpaired) electrons. The summed E-state index contributed by atoms with van der Waals surface area (Å²) in [5.74, 6) is 0.0822. The van der Waals surface area contributed by atoms with E-state index in [0.717, 1.165) is 25.2 Å². The van der Waals surface area contributed by atoms with E-state index in [9.17, 15) is 19.7 Å². The highest BCUT2D eigenvalue weighted by Crippen LogP contribution is 2.62. The van der Waals surface area contributed by atoms with E-state index in [-0.39, 0.29) is 28.2 Å². The Kier molecular flexibility index (Phi) is 6.96. The number of carbonyl (C=O) groups excluding carboxylic acids is 1. The molecule has 2 unspecified atom stereocenters. The van der Waals surface area contributed by atoms with E-state index in [4.69, 9.17) is 4.74 Å². The van der Waals surface area contributed by atoms with Gasteiger partial charge in [-0.2, -0.15) is 14.9 Å². The second kappa shape index (κ2) is 10.6. The smallest absolute Gasteiger partial charge is 0.412 e. The molecule has 12 heteroatoms. The van der Waals surface area contributed by atoms with Crippen LogP contribution in [0.5, 0.6) is 0 Å². The number of nitrogens with zero attached hydrogens (tertiary/aromatic N) is 7. The molecule has 3 saturated carbocycles. The minimum absolute atomic E-state index is 0.0237. The lowest BCUT2D eigenvalue weighted by molar-refractivity contribution is -0.0989. The average molecular weight is 594 g/mol. The van der Waals surface area contributed by atoms with Gasteiger partial charge in [0.15, 0.2) is 6.10 Å². The second-order valence-corrected chi connectivity index (χ2v) is 12.9. The van der Waals surface area contributed by atoms with Gasteiger partial charge in [-0.3, -0.25) is 10.3 Å². The molecule has 2 bridgehead atoms. The zero-order valence-electron chi connectivity index (χ0n) is 25.1. The number of aryl methyl sites for hydroxylation is 1. The van der Waals surface area contributed by atoms with Crippen LogP contribution in [-0.2, 0) is 10.3 Å². The van der Waals surface area contributed by atoms with Gasteiger partial charge in [-0.25, -0.2) is 14.5 Å². The van der Waals surface area contributed by atoms with Gasteiger partial charge in [0.2, 0.25) is 5.95 Å². The average Bonchev–Trinajstić information content (AvgIpc) is 3.39. The molecule has 3 aromatic heterocycles. The third-order valence-corrected chi connectivity index (χ3v) is 8.99. The van der Waals surface area contributed by atoms with E-state index in [2.05, 4.69) is 63.8 Å². The second-order valence-electron chi connectivity index (χ2n) is 12.9. The summed E-state index contributed by atoms with van der Waals surface area (Å²) in [5, 5.41) is 35.1. The molecule has 2 N–H and O–H groups in total. The van der Waals surface area contributed by atoms with E-state index < -0.39 is 18.1 Å². The number of carbonyl (C=O) groups is 1. The highest BCUT2D eigenvalue weighted by molar-refractivity contribution is 6.00. The number of anilines is 2. The molecule has 3 aliphatic carbocycles. The van der Waals surface area contributed by atoms with Crippen LogP contribution in [0.1, 0.15) is 81.1 Å². The highest BCUT2D eigenvalue weighted by Gasteiger charge is 2.59. The van der Waals surface area contributed by atoms with Crippen LogP contribution in [0.3, 0.4) is 0 Å². The first-order chi connectivity index (χ1) is 20.9. The van der Waals surface area contributed by atoms with Crippen molar-refractivity contribution in [1.29, 1.82) is 10.5 Å². The Labute approximate surface area is 254 Å². The Morgan fingerprint density at radius 3 is 2.52 bits per heavy atom. The molecule has 3 heterocycles. The van der Waals surface area contributed by atoms with Crippen LogP contribution in [-0.4, -0.2) is 37.1 Å². The first kappa shape index (κ1) is 29.0. The van der Waals surface area contributed by atoms with Crippen LogP contribution in [0.2, 0.25) is 0 Å². The lowest BCUT2D eigenvalue weighted by Crippen LogP contribution is -2.59. The van der Waals surface area contributed by atoms with Gasteiger partial charge >= 0.3 is 6.09 Å². The third-order valence-electron chi connectivity index (χ3n) is 8.99. The Morgan fingerprint density at radius 1 is 1.18 bits per heavy atom.